The van der Waals surface area contributed by atoms with Crippen molar-refractivity contribution in [3.05, 3.63) is 40.1 Å². The molecule has 0 aliphatic carbocycles. The number of rotatable bonds is 6. The summed E-state index contributed by atoms with van der Waals surface area (Å²) in [6.07, 6.45) is 0.427. The maximum absolute atomic E-state index is 12.6. The van der Waals surface area contributed by atoms with Crippen molar-refractivity contribution in [3.63, 3.8) is 0 Å². The van der Waals surface area contributed by atoms with E-state index in [-0.39, 0.29) is 30.9 Å². The molecule has 1 N–H and O–H groups in total. The summed E-state index contributed by atoms with van der Waals surface area (Å²) < 4.78 is 10.7. The Kier molecular flexibility index (Phi) is 6.01. The molecule has 2 amide bonds. The second-order valence-electron chi connectivity index (χ2n) is 7.27. The third-order valence-electron chi connectivity index (χ3n) is 5.16. The van der Waals surface area contributed by atoms with Gasteiger partial charge in [0.05, 0.1) is 18.7 Å². The molecule has 0 saturated carbocycles. The van der Waals surface area contributed by atoms with E-state index >= 15 is 0 Å². The Morgan fingerprint density at radius 1 is 1.10 bits per heavy atom. The number of amides is 2. The summed E-state index contributed by atoms with van der Waals surface area (Å²) in [4.78, 5) is 41.8. The summed E-state index contributed by atoms with van der Waals surface area (Å²) in [5.74, 6) is 0.749. The molecule has 1 saturated heterocycles. The van der Waals surface area contributed by atoms with Crippen LogP contribution in [-0.2, 0) is 16.0 Å². The maximum Gasteiger partial charge on any atom is 0.238 e. The summed E-state index contributed by atoms with van der Waals surface area (Å²) in [6.45, 7) is 4.19. The van der Waals surface area contributed by atoms with Gasteiger partial charge in [0.2, 0.25) is 18.6 Å². The highest BCUT2D eigenvalue weighted by atomic mass is 32.1. The van der Waals surface area contributed by atoms with Crippen molar-refractivity contribution in [2.45, 2.75) is 13.3 Å². The molecule has 0 atom stereocenters. The Balaban J connectivity index is 1.30. The van der Waals surface area contributed by atoms with Gasteiger partial charge < -0.3 is 19.7 Å². The molecule has 9 heteroatoms. The molecule has 2 aromatic rings. The number of Topliss-reactive ketones (excluding diaryl/α,β-unsaturated/α-hetero) is 1. The van der Waals surface area contributed by atoms with Gasteiger partial charge in [-0.1, -0.05) is 6.07 Å². The first-order valence-electron chi connectivity index (χ1n) is 9.76. The molecule has 4 rings (SSSR count). The van der Waals surface area contributed by atoms with E-state index in [9.17, 15) is 14.4 Å². The topological polar surface area (TPSA) is 88.2 Å². The van der Waals surface area contributed by atoms with Gasteiger partial charge in [0.1, 0.15) is 0 Å². The number of benzene rings is 1. The average molecular weight is 429 g/mol. The highest BCUT2D eigenvalue weighted by molar-refractivity contribution is 7.10. The molecule has 0 bridgehead atoms. The zero-order valence-electron chi connectivity index (χ0n) is 16.7. The first-order valence-corrected chi connectivity index (χ1v) is 10.6. The van der Waals surface area contributed by atoms with Gasteiger partial charge in [-0.3, -0.25) is 19.3 Å². The van der Waals surface area contributed by atoms with E-state index in [1.54, 1.807) is 23.5 Å². The number of ether oxygens (including phenoxy) is 2. The summed E-state index contributed by atoms with van der Waals surface area (Å²) in [5, 5.41) is 4.79. The molecule has 1 aromatic heterocycles. The second-order valence-corrected chi connectivity index (χ2v) is 8.30. The fourth-order valence-corrected chi connectivity index (χ4v) is 4.25. The number of nitrogens with zero attached hydrogens (tertiary/aromatic N) is 2. The van der Waals surface area contributed by atoms with Crippen LogP contribution in [0.2, 0.25) is 0 Å². The van der Waals surface area contributed by atoms with Crippen LogP contribution in [0.1, 0.15) is 22.2 Å². The molecule has 0 radical (unpaired) electrons. The van der Waals surface area contributed by atoms with Crippen LogP contribution in [0.4, 0.5) is 5.69 Å². The Morgan fingerprint density at radius 2 is 1.83 bits per heavy atom. The van der Waals surface area contributed by atoms with E-state index in [0.717, 1.165) is 4.88 Å². The van der Waals surface area contributed by atoms with Crippen molar-refractivity contribution in [2.75, 3.05) is 44.8 Å². The SMILES string of the molecule is CC(=O)c1cc2c(cc1NC(=O)CN1CCN(C(=O)Cc3cccs3)CC1)OCO2. The van der Waals surface area contributed by atoms with Crippen LogP contribution in [0.3, 0.4) is 0 Å². The Hall–Kier alpha value is -2.91. The number of anilines is 1. The summed E-state index contributed by atoms with van der Waals surface area (Å²) in [5.41, 5.74) is 0.804. The van der Waals surface area contributed by atoms with Gasteiger partial charge in [0, 0.05) is 42.7 Å². The van der Waals surface area contributed by atoms with Crippen molar-refractivity contribution in [1.29, 1.82) is 0 Å². The highest BCUT2D eigenvalue weighted by Crippen LogP contribution is 2.37. The molecule has 30 heavy (non-hydrogen) atoms. The van der Waals surface area contributed by atoms with Crippen LogP contribution in [0, 0.1) is 0 Å². The quantitative estimate of drug-likeness (QED) is 0.707. The van der Waals surface area contributed by atoms with Gasteiger partial charge in [0.25, 0.3) is 0 Å². The van der Waals surface area contributed by atoms with E-state index in [1.807, 2.05) is 27.3 Å². The highest BCUT2D eigenvalue weighted by Gasteiger charge is 2.24. The van der Waals surface area contributed by atoms with Crippen LogP contribution in [0.5, 0.6) is 11.5 Å². The lowest BCUT2D eigenvalue weighted by molar-refractivity contribution is -0.132. The normalized spacial score (nSPS) is 15.8. The minimum absolute atomic E-state index is 0.0968. The number of thiophene rings is 1. The van der Waals surface area contributed by atoms with Crippen LogP contribution in [0.15, 0.2) is 29.6 Å². The predicted molar refractivity (Wildman–Crippen MR) is 112 cm³/mol. The number of carbonyl (C=O) groups excluding carboxylic acids is 3. The number of piperazine rings is 1. The largest absolute Gasteiger partial charge is 0.454 e. The van der Waals surface area contributed by atoms with Gasteiger partial charge in [-0.05, 0) is 24.4 Å². The third kappa shape index (κ3) is 4.63. The lowest BCUT2D eigenvalue weighted by atomic mass is 10.1. The summed E-state index contributed by atoms with van der Waals surface area (Å²) in [6, 6.07) is 7.13. The van der Waals surface area contributed by atoms with Gasteiger partial charge in [0.15, 0.2) is 17.3 Å². The molecule has 2 aliphatic heterocycles. The number of ketones is 1. The van der Waals surface area contributed by atoms with Gasteiger partial charge in [-0.15, -0.1) is 11.3 Å². The van der Waals surface area contributed by atoms with Gasteiger partial charge in [-0.25, -0.2) is 0 Å². The zero-order valence-corrected chi connectivity index (χ0v) is 17.5. The first-order chi connectivity index (χ1) is 14.5. The Labute approximate surface area is 178 Å². The Morgan fingerprint density at radius 3 is 2.50 bits per heavy atom. The summed E-state index contributed by atoms with van der Waals surface area (Å²) >= 11 is 1.58. The van der Waals surface area contributed by atoms with Crippen molar-refractivity contribution < 1.29 is 23.9 Å². The van der Waals surface area contributed by atoms with Crippen LogP contribution in [-0.4, -0.2) is 66.9 Å². The number of fused-ring (bicyclic) bond motifs is 1. The van der Waals surface area contributed by atoms with Crippen LogP contribution >= 0.6 is 11.3 Å². The van der Waals surface area contributed by atoms with Crippen molar-refractivity contribution in [3.8, 4) is 11.5 Å². The van der Waals surface area contributed by atoms with Crippen molar-refractivity contribution in [1.82, 2.24) is 9.80 Å². The standard InChI is InChI=1S/C21H23N3O5S/c1-14(25)16-10-18-19(29-13-28-18)11-17(16)22-20(26)12-23-4-6-24(7-5-23)21(27)9-15-3-2-8-30-15/h2-3,8,10-11H,4-7,9,12-13H2,1H3,(H,22,26). The fourth-order valence-electron chi connectivity index (χ4n) is 3.56. The number of carbonyl (C=O) groups is 3. The second kappa shape index (κ2) is 8.85. The molecule has 1 fully saturated rings. The van der Waals surface area contributed by atoms with E-state index < -0.39 is 0 Å². The fraction of sp³-hybridized carbons (Fsp3) is 0.381. The molecule has 3 heterocycles. The predicted octanol–water partition coefficient (Wildman–Crippen LogP) is 2.00. The minimum atomic E-state index is -0.213. The molecular weight excluding hydrogens is 406 g/mol. The average Bonchev–Trinajstić information content (AvgIpc) is 3.39. The molecule has 0 unspecified atom stereocenters. The number of hydrogen-bond donors (Lipinski definition) is 1. The third-order valence-corrected chi connectivity index (χ3v) is 6.04. The van der Waals surface area contributed by atoms with Gasteiger partial charge in [-0.2, -0.15) is 0 Å². The maximum atomic E-state index is 12.6. The van der Waals surface area contributed by atoms with Crippen molar-refractivity contribution in [2.24, 2.45) is 0 Å². The van der Waals surface area contributed by atoms with E-state index in [0.29, 0.717) is 55.3 Å². The minimum Gasteiger partial charge on any atom is -0.454 e. The molecule has 1 aromatic carbocycles. The van der Waals surface area contributed by atoms with E-state index in [2.05, 4.69) is 5.32 Å². The van der Waals surface area contributed by atoms with Gasteiger partial charge >= 0.3 is 0 Å². The smallest absolute Gasteiger partial charge is 0.238 e. The van der Waals surface area contributed by atoms with E-state index in [4.69, 9.17) is 9.47 Å². The zero-order chi connectivity index (χ0) is 21.1. The lowest BCUT2D eigenvalue weighted by Crippen LogP contribution is -2.50. The monoisotopic (exact) mass is 429 g/mol. The van der Waals surface area contributed by atoms with E-state index in [1.165, 1.54) is 6.92 Å². The van der Waals surface area contributed by atoms with Crippen molar-refractivity contribution >= 4 is 34.6 Å². The molecular formula is C21H23N3O5S. The number of hydrogen-bond acceptors (Lipinski definition) is 7. The molecule has 0 spiro atoms. The van der Waals surface area contributed by atoms with Crippen LogP contribution in [0.25, 0.3) is 0 Å². The molecule has 8 nitrogen and oxygen atoms in total. The summed E-state index contributed by atoms with van der Waals surface area (Å²) in [7, 11) is 0. The van der Waals surface area contributed by atoms with Crippen LogP contribution < -0.4 is 14.8 Å². The first kappa shape index (κ1) is 20.4. The molecule has 2 aliphatic rings. The number of nitrogens with one attached hydrogen (secondary N) is 1. The molecule has 158 valence electrons. The Bertz CT molecular complexity index is 952. The lowest BCUT2D eigenvalue weighted by Gasteiger charge is -2.34.